The Bertz CT molecular complexity index is 889. The van der Waals surface area contributed by atoms with Crippen LogP contribution in [0.25, 0.3) is 0 Å². The Hall–Kier alpha value is -2.40. The number of fused-ring (bicyclic) bond motifs is 1. The maximum absolute atomic E-state index is 13.3. The average Bonchev–Trinajstić information content (AvgIpc) is 3.38. The quantitative estimate of drug-likeness (QED) is 0.812. The van der Waals surface area contributed by atoms with E-state index in [1.165, 1.54) is 0 Å². The molecule has 5 nitrogen and oxygen atoms in total. The van der Waals surface area contributed by atoms with Crippen molar-refractivity contribution in [2.45, 2.75) is 18.3 Å². The lowest BCUT2D eigenvalue weighted by molar-refractivity contribution is -0.134. The van der Waals surface area contributed by atoms with Gasteiger partial charge in [-0.1, -0.05) is 23.7 Å². The summed E-state index contributed by atoms with van der Waals surface area (Å²) in [6, 6.07) is 13.8. The number of carbonyl (C=O) groups excluding carboxylic acids is 1. The average molecular weight is 385 g/mol. The van der Waals surface area contributed by atoms with Gasteiger partial charge in [0.15, 0.2) is 11.5 Å². The number of piperazine rings is 1. The van der Waals surface area contributed by atoms with Gasteiger partial charge in [-0.05, 0) is 48.7 Å². The third kappa shape index (κ3) is 2.90. The van der Waals surface area contributed by atoms with Crippen molar-refractivity contribution in [1.82, 2.24) is 4.90 Å². The van der Waals surface area contributed by atoms with Crippen molar-refractivity contribution < 1.29 is 14.3 Å². The number of ether oxygens (including phenoxy) is 2. The molecule has 140 valence electrons. The summed E-state index contributed by atoms with van der Waals surface area (Å²) < 4.78 is 10.9. The van der Waals surface area contributed by atoms with Gasteiger partial charge in [0.2, 0.25) is 12.7 Å². The van der Waals surface area contributed by atoms with Gasteiger partial charge in [-0.15, -0.1) is 0 Å². The Kier molecular flexibility index (Phi) is 3.93. The Morgan fingerprint density at radius 2 is 1.74 bits per heavy atom. The maximum Gasteiger partial charge on any atom is 0.233 e. The predicted molar refractivity (Wildman–Crippen MR) is 104 cm³/mol. The van der Waals surface area contributed by atoms with E-state index in [1.54, 1.807) is 0 Å². The summed E-state index contributed by atoms with van der Waals surface area (Å²) in [7, 11) is 0. The molecule has 6 heteroatoms. The molecule has 2 fully saturated rings. The Labute approximate surface area is 163 Å². The molecular formula is C21H21ClN2O3. The van der Waals surface area contributed by atoms with Crippen LogP contribution < -0.4 is 14.4 Å². The number of hydrogen-bond acceptors (Lipinski definition) is 4. The topological polar surface area (TPSA) is 42.0 Å². The van der Waals surface area contributed by atoms with Crippen LogP contribution in [0.5, 0.6) is 11.5 Å². The molecule has 0 unspecified atom stereocenters. The van der Waals surface area contributed by atoms with E-state index in [4.69, 9.17) is 21.1 Å². The fourth-order valence-electron chi connectivity index (χ4n) is 4.09. The van der Waals surface area contributed by atoms with E-state index in [-0.39, 0.29) is 18.1 Å². The summed E-state index contributed by atoms with van der Waals surface area (Å²) in [6.07, 6.45) is 1.81. The standard InChI is InChI=1S/C21H21ClN2O3/c22-16-2-1-3-17(13-16)23-8-10-24(11-9-23)20(25)21(6-7-21)15-4-5-18-19(12-15)27-14-26-18/h1-5,12-13H,6-11,14H2. The molecule has 1 aliphatic carbocycles. The molecule has 27 heavy (non-hydrogen) atoms. The van der Waals surface area contributed by atoms with E-state index in [1.807, 2.05) is 41.3 Å². The number of nitrogens with zero attached hydrogens (tertiary/aromatic N) is 2. The van der Waals surface area contributed by atoms with Crippen LogP contribution >= 0.6 is 11.6 Å². The van der Waals surface area contributed by atoms with Crippen molar-refractivity contribution in [2.75, 3.05) is 37.9 Å². The fourth-order valence-corrected chi connectivity index (χ4v) is 4.27. The maximum atomic E-state index is 13.3. The zero-order valence-corrected chi connectivity index (χ0v) is 15.7. The molecule has 0 spiro atoms. The summed E-state index contributed by atoms with van der Waals surface area (Å²) in [6.45, 7) is 3.37. The number of benzene rings is 2. The molecule has 1 saturated carbocycles. The van der Waals surface area contributed by atoms with Crippen molar-refractivity contribution in [3.8, 4) is 11.5 Å². The SMILES string of the molecule is O=C(N1CCN(c2cccc(Cl)c2)CC1)C1(c2ccc3c(c2)OCO3)CC1. The van der Waals surface area contributed by atoms with Gasteiger partial charge in [0.05, 0.1) is 5.41 Å². The summed E-state index contributed by atoms with van der Waals surface area (Å²) in [4.78, 5) is 17.6. The molecule has 2 aromatic rings. The molecule has 2 heterocycles. The smallest absolute Gasteiger partial charge is 0.233 e. The van der Waals surface area contributed by atoms with Crippen LogP contribution in [0.3, 0.4) is 0 Å². The minimum Gasteiger partial charge on any atom is -0.454 e. The first-order chi connectivity index (χ1) is 13.2. The highest BCUT2D eigenvalue weighted by Gasteiger charge is 2.53. The number of carbonyl (C=O) groups is 1. The molecular weight excluding hydrogens is 364 g/mol. The second-order valence-electron chi connectivity index (χ2n) is 7.41. The van der Waals surface area contributed by atoms with Crippen LogP contribution in [0.15, 0.2) is 42.5 Å². The van der Waals surface area contributed by atoms with Crippen molar-refractivity contribution in [1.29, 1.82) is 0 Å². The Morgan fingerprint density at radius 1 is 0.963 bits per heavy atom. The van der Waals surface area contributed by atoms with Crippen molar-refractivity contribution in [2.24, 2.45) is 0 Å². The van der Waals surface area contributed by atoms with Gasteiger partial charge in [-0.2, -0.15) is 0 Å². The number of hydrogen-bond donors (Lipinski definition) is 0. The molecule has 1 saturated heterocycles. The molecule has 2 aromatic carbocycles. The molecule has 1 amide bonds. The third-order valence-corrected chi connectivity index (χ3v) is 6.06. The minimum atomic E-state index is -0.376. The van der Waals surface area contributed by atoms with E-state index in [0.717, 1.165) is 66.8 Å². The molecule has 5 rings (SSSR count). The van der Waals surface area contributed by atoms with Crippen LogP contribution in [0.4, 0.5) is 5.69 Å². The molecule has 0 N–H and O–H groups in total. The van der Waals surface area contributed by atoms with Gasteiger partial charge in [-0.25, -0.2) is 0 Å². The van der Waals surface area contributed by atoms with E-state index in [9.17, 15) is 4.79 Å². The lowest BCUT2D eigenvalue weighted by Crippen LogP contribution is -2.51. The molecule has 0 radical (unpaired) electrons. The highest BCUT2D eigenvalue weighted by Crippen LogP contribution is 2.51. The molecule has 0 aromatic heterocycles. The lowest BCUT2D eigenvalue weighted by atomic mass is 9.93. The predicted octanol–water partition coefficient (Wildman–Crippen LogP) is 3.45. The Morgan fingerprint density at radius 3 is 2.48 bits per heavy atom. The van der Waals surface area contributed by atoms with Crippen LogP contribution in [0, 0.1) is 0 Å². The number of amides is 1. The fraction of sp³-hybridized carbons (Fsp3) is 0.381. The summed E-state index contributed by atoms with van der Waals surface area (Å²) in [5, 5.41) is 0.741. The van der Waals surface area contributed by atoms with Gasteiger partial charge in [0, 0.05) is 36.9 Å². The summed E-state index contributed by atoms with van der Waals surface area (Å²) in [5.41, 5.74) is 1.79. The number of rotatable bonds is 3. The monoisotopic (exact) mass is 384 g/mol. The van der Waals surface area contributed by atoms with Crippen LogP contribution in [0.2, 0.25) is 5.02 Å². The second kappa shape index (κ2) is 6.34. The van der Waals surface area contributed by atoms with Gasteiger partial charge < -0.3 is 19.3 Å². The summed E-state index contributed by atoms with van der Waals surface area (Å²) >= 11 is 6.11. The number of anilines is 1. The molecule has 3 aliphatic rings. The van der Waals surface area contributed by atoms with Crippen LogP contribution in [-0.2, 0) is 10.2 Å². The molecule has 0 atom stereocenters. The molecule has 0 bridgehead atoms. The first kappa shape index (κ1) is 16.8. The van der Waals surface area contributed by atoms with E-state index in [0.29, 0.717) is 0 Å². The van der Waals surface area contributed by atoms with Crippen molar-refractivity contribution in [3.05, 3.63) is 53.1 Å². The zero-order valence-electron chi connectivity index (χ0n) is 15.0. The van der Waals surface area contributed by atoms with E-state index >= 15 is 0 Å². The van der Waals surface area contributed by atoms with Gasteiger partial charge >= 0.3 is 0 Å². The van der Waals surface area contributed by atoms with Gasteiger partial charge in [0.25, 0.3) is 0 Å². The third-order valence-electron chi connectivity index (χ3n) is 5.82. The van der Waals surface area contributed by atoms with Crippen molar-refractivity contribution >= 4 is 23.2 Å². The van der Waals surface area contributed by atoms with Crippen LogP contribution in [-0.4, -0.2) is 43.8 Å². The largest absolute Gasteiger partial charge is 0.454 e. The Balaban J connectivity index is 1.29. The minimum absolute atomic E-state index is 0.243. The highest BCUT2D eigenvalue weighted by molar-refractivity contribution is 6.30. The van der Waals surface area contributed by atoms with Gasteiger partial charge in [0.1, 0.15) is 0 Å². The normalized spacial score (nSPS) is 19.9. The summed E-state index contributed by atoms with van der Waals surface area (Å²) in [5.74, 6) is 1.75. The highest BCUT2D eigenvalue weighted by atomic mass is 35.5. The zero-order chi connectivity index (χ0) is 18.4. The molecule has 2 aliphatic heterocycles. The first-order valence-electron chi connectivity index (χ1n) is 9.36. The number of halogens is 1. The first-order valence-corrected chi connectivity index (χ1v) is 9.74. The van der Waals surface area contributed by atoms with E-state index in [2.05, 4.69) is 11.0 Å². The lowest BCUT2D eigenvalue weighted by Gasteiger charge is -2.38. The van der Waals surface area contributed by atoms with Crippen LogP contribution in [0.1, 0.15) is 18.4 Å². The second-order valence-corrected chi connectivity index (χ2v) is 7.85. The van der Waals surface area contributed by atoms with Crippen molar-refractivity contribution in [3.63, 3.8) is 0 Å². The van der Waals surface area contributed by atoms with E-state index < -0.39 is 0 Å². The van der Waals surface area contributed by atoms with Gasteiger partial charge in [-0.3, -0.25) is 4.79 Å².